The highest BCUT2D eigenvalue weighted by Gasteiger charge is 2.33. The Hall–Kier alpha value is -4.96. The smallest absolute Gasteiger partial charge is 0.326 e. The fourth-order valence-corrected chi connectivity index (χ4v) is 4.42. The van der Waals surface area contributed by atoms with Gasteiger partial charge in [0.15, 0.2) is 5.96 Å². The summed E-state index contributed by atoms with van der Waals surface area (Å²) in [6, 6.07) is 2.30. The zero-order valence-electron chi connectivity index (χ0n) is 23.6. The van der Waals surface area contributed by atoms with Crippen LogP contribution in [0.3, 0.4) is 0 Å². The van der Waals surface area contributed by atoms with E-state index in [0.29, 0.717) is 11.3 Å². The van der Waals surface area contributed by atoms with Gasteiger partial charge in [-0.15, -0.1) is 0 Å². The second-order valence-electron chi connectivity index (χ2n) is 10.1. The number of nitrogens with one attached hydrogen (secondary N) is 5. The van der Waals surface area contributed by atoms with Crippen molar-refractivity contribution < 1.29 is 29.4 Å². The number of carbonyl (C=O) groups excluding carboxylic acids is 3. The Labute approximate surface area is 246 Å². The quantitative estimate of drug-likeness (QED) is 0.0490. The Morgan fingerprint density at radius 2 is 1.72 bits per heavy atom. The molecule has 1 aromatic carbocycles. The predicted octanol–water partition coefficient (Wildman–Crippen LogP) is -2.02. The van der Waals surface area contributed by atoms with Crippen molar-refractivity contribution in [3.05, 3.63) is 54.2 Å². The van der Waals surface area contributed by atoms with Gasteiger partial charge in [-0.1, -0.05) is 18.2 Å². The number of aliphatic carboxylic acids is 1. The lowest BCUT2D eigenvalue weighted by Gasteiger charge is -2.26. The third kappa shape index (κ3) is 9.54. The Bertz CT molecular complexity index is 1420. The van der Waals surface area contributed by atoms with Crippen molar-refractivity contribution in [2.24, 2.45) is 22.2 Å². The lowest BCUT2D eigenvalue weighted by atomic mass is 10.0. The molecule has 0 bridgehead atoms. The van der Waals surface area contributed by atoms with Crippen molar-refractivity contribution in [3.63, 3.8) is 0 Å². The number of nitrogens with zero attached hydrogens (tertiary/aromatic N) is 2. The molecule has 43 heavy (non-hydrogen) atoms. The van der Waals surface area contributed by atoms with Gasteiger partial charge in [0.1, 0.15) is 18.1 Å². The number of hydrogen-bond donors (Lipinski definition) is 10. The minimum Gasteiger partial charge on any atom is -0.480 e. The maximum Gasteiger partial charge on any atom is 0.326 e. The number of carboxylic acids is 1. The van der Waals surface area contributed by atoms with E-state index in [2.05, 4.69) is 35.9 Å². The number of aliphatic hydroxyl groups is 1. The molecule has 3 rings (SSSR count). The van der Waals surface area contributed by atoms with Crippen LogP contribution in [0, 0.1) is 0 Å². The lowest BCUT2D eigenvalue weighted by molar-refractivity contribution is -0.143. The number of H-pyrrole nitrogens is 2. The molecule has 0 aliphatic rings. The summed E-state index contributed by atoms with van der Waals surface area (Å²) in [4.78, 5) is 65.1. The number of aromatic amines is 2. The maximum absolute atomic E-state index is 13.6. The van der Waals surface area contributed by atoms with E-state index in [0.717, 1.165) is 10.9 Å². The monoisotopic (exact) mass is 598 g/mol. The highest BCUT2D eigenvalue weighted by Crippen LogP contribution is 2.19. The number of carbonyl (C=O) groups is 4. The molecular weight excluding hydrogens is 560 g/mol. The summed E-state index contributed by atoms with van der Waals surface area (Å²) in [5, 5.41) is 28.2. The van der Waals surface area contributed by atoms with Gasteiger partial charge in [0.25, 0.3) is 0 Å². The number of nitrogens with two attached hydrogens (primary N) is 3. The molecule has 0 saturated heterocycles. The molecule has 0 radical (unpaired) electrons. The van der Waals surface area contributed by atoms with Crippen LogP contribution in [0.1, 0.15) is 31.0 Å². The summed E-state index contributed by atoms with van der Waals surface area (Å²) in [7, 11) is 0. The second kappa shape index (κ2) is 15.3. The molecule has 0 spiro atoms. The first-order chi connectivity index (χ1) is 20.5. The average Bonchev–Trinajstić information content (AvgIpc) is 3.62. The van der Waals surface area contributed by atoms with Gasteiger partial charge in [-0.25, -0.2) is 9.78 Å². The molecule has 0 saturated carbocycles. The van der Waals surface area contributed by atoms with Gasteiger partial charge in [-0.05, 0) is 31.4 Å². The normalized spacial score (nSPS) is 14.6. The topological polar surface area (TPSA) is 280 Å². The molecule has 0 aliphatic carbocycles. The molecule has 16 heteroatoms. The Morgan fingerprint density at radius 3 is 2.37 bits per heavy atom. The van der Waals surface area contributed by atoms with Crippen molar-refractivity contribution in [2.45, 2.75) is 62.9 Å². The van der Waals surface area contributed by atoms with Crippen molar-refractivity contribution >= 4 is 40.6 Å². The molecule has 2 aromatic heterocycles. The SMILES string of the molecule is CC(O)C(NC(=O)C(Cc1c[nH]c2ccccc12)NC(=O)C(N)Cc1cnc[nH]1)C(=O)NC(CCCN=C(N)N)C(=O)O. The lowest BCUT2D eigenvalue weighted by Crippen LogP contribution is -2.60. The Balaban J connectivity index is 1.77. The molecule has 3 amide bonds. The van der Waals surface area contributed by atoms with E-state index < -0.39 is 54.0 Å². The van der Waals surface area contributed by atoms with Gasteiger partial charge in [-0.2, -0.15) is 0 Å². The summed E-state index contributed by atoms with van der Waals surface area (Å²) in [5.74, 6) is -3.80. The number of carboxylic acid groups (broad SMARTS) is 1. The summed E-state index contributed by atoms with van der Waals surface area (Å²) >= 11 is 0. The standard InChI is InChI=1S/C27H38N10O6/c1-14(38)22(25(41)35-20(26(42)43)7-4-8-32-27(29)30)37-24(40)21(9-15-11-33-19-6-3-2-5-17(15)19)36-23(39)18(28)10-16-12-31-13-34-16/h2-3,5-6,11-14,18,20-22,33,38H,4,7-10,28H2,1H3,(H,31,34)(H,35,41)(H,36,39)(H,37,40)(H,42,43)(H4,29,30,32). The van der Waals surface area contributed by atoms with E-state index in [4.69, 9.17) is 17.2 Å². The fourth-order valence-electron chi connectivity index (χ4n) is 4.42. The van der Waals surface area contributed by atoms with E-state index in [1.165, 1.54) is 19.4 Å². The van der Waals surface area contributed by atoms with Crippen molar-refractivity contribution in [1.29, 1.82) is 0 Å². The predicted molar refractivity (Wildman–Crippen MR) is 157 cm³/mol. The van der Waals surface area contributed by atoms with Crippen LogP contribution in [-0.4, -0.2) is 91.6 Å². The van der Waals surface area contributed by atoms with E-state index in [-0.39, 0.29) is 38.2 Å². The number of amides is 3. The van der Waals surface area contributed by atoms with Crippen LogP contribution in [0.15, 0.2) is 48.0 Å². The van der Waals surface area contributed by atoms with Crippen LogP contribution in [0.25, 0.3) is 10.9 Å². The number of guanidine groups is 1. The molecule has 0 fully saturated rings. The Kier molecular flexibility index (Phi) is 11.6. The maximum atomic E-state index is 13.6. The number of imidazole rings is 1. The fraction of sp³-hybridized carbons (Fsp3) is 0.407. The van der Waals surface area contributed by atoms with Crippen LogP contribution >= 0.6 is 0 Å². The first kappa shape index (κ1) is 32.6. The first-order valence-corrected chi connectivity index (χ1v) is 13.6. The van der Waals surface area contributed by atoms with E-state index in [9.17, 15) is 29.4 Å². The van der Waals surface area contributed by atoms with Gasteiger partial charge in [0.05, 0.1) is 18.5 Å². The molecule has 0 aliphatic heterocycles. The number of aliphatic hydroxyl groups excluding tert-OH is 1. The average molecular weight is 599 g/mol. The van der Waals surface area contributed by atoms with E-state index in [1.807, 2.05) is 24.3 Å². The van der Waals surface area contributed by atoms with E-state index in [1.54, 1.807) is 6.20 Å². The third-order valence-corrected chi connectivity index (χ3v) is 6.69. The van der Waals surface area contributed by atoms with Crippen LogP contribution in [0.5, 0.6) is 0 Å². The van der Waals surface area contributed by atoms with E-state index >= 15 is 0 Å². The molecular formula is C27H38N10O6. The number of aliphatic imine (C=N–C) groups is 1. The number of hydrogen-bond acceptors (Lipinski definition) is 8. The number of fused-ring (bicyclic) bond motifs is 1. The van der Waals surface area contributed by atoms with Gasteiger partial charge in [0, 0.05) is 48.4 Å². The highest BCUT2D eigenvalue weighted by atomic mass is 16.4. The summed E-state index contributed by atoms with van der Waals surface area (Å²) in [5.41, 5.74) is 18.8. The number of rotatable bonds is 16. The third-order valence-electron chi connectivity index (χ3n) is 6.69. The number of aromatic nitrogens is 3. The van der Waals surface area contributed by atoms with Gasteiger partial charge < -0.3 is 53.3 Å². The first-order valence-electron chi connectivity index (χ1n) is 13.6. The van der Waals surface area contributed by atoms with Crippen LogP contribution in [-0.2, 0) is 32.0 Å². The molecule has 5 unspecified atom stereocenters. The van der Waals surface area contributed by atoms with Crippen LogP contribution in [0.2, 0.25) is 0 Å². The van der Waals surface area contributed by atoms with Crippen molar-refractivity contribution in [1.82, 2.24) is 30.9 Å². The summed E-state index contributed by atoms with van der Waals surface area (Å²) in [6.07, 6.45) is 3.67. The largest absolute Gasteiger partial charge is 0.480 e. The van der Waals surface area contributed by atoms with Crippen LogP contribution in [0.4, 0.5) is 0 Å². The summed E-state index contributed by atoms with van der Waals surface area (Å²) in [6.45, 7) is 1.42. The van der Waals surface area contributed by atoms with Crippen LogP contribution < -0.4 is 33.2 Å². The molecule has 2 heterocycles. The summed E-state index contributed by atoms with van der Waals surface area (Å²) < 4.78 is 0. The second-order valence-corrected chi connectivity index (χ2v) is 10.1. The molecule has 3 aromatic rings. The zero-order chi connectivity index (χ0) is 31.5. The van der Waals surface area contributed by atoms with Crippen molar-refractivity contribution in [3.8, 4) is 0 Å². The van der Waals surface area contributed by atoms with Gasteiger partial charge >= 0.3 is 5.97 Å². The molecule has 232 valence electrons. The minimum atomic E-state index is -1.53. The van der Waals surface area contributed by atoms with Gasteiger partial charge in [-0.3, -0.25) is 19.4 Å². The molecule has 16 nitrogen and oxygen atoms in total. The number of benzene rings is 1. The molecule has 13 N–H and O–H groups in total. The Morgan fingerprint density at radius 1 is 1.00 bits per heavy atom. The highest BCUT2D eigenvalue weighted by molar-refractivity contribution is 5.95. The van der Waals surface area contributed by atoms with Gasteiger partial charge in [0.2, 0.25) is 17.7 Å². The minimum absolute atomic E-state index is 0.00814. The number of para-hydroxylation sites is 1. The zero-order valence-corrected chi connectivity index (χ0v) is 23.6. The molecule has 5 atom stereocenters. The van der Waals surface area contributed by atoms with Crippen molar-refractivity contribution in [2.75, 3.05) is 6.54 Å².